The van der Waals surface area contributed by atoms with Crippen LogP contribution in [0, 0.1) is 5.41 Å². The van der Waals surface area contributed by atoms with Crippen LogP contribution in [0.3, 0.4) is 0 Å². The summed E-state index contributed by atoms with van der Waals surface area (Å²) in [4.78, 5) is 1.67. The third-order valence-corrected chi connectivity index (χ3v) is 2.12. The first kappa shape index (κ1) is 7.92. The molecule has 1 heterocycles. The predicted octanol–water partition coefficient (Wildman–Crippen LogP) is 1.59. The first-order valence-corrected chi connectivity index (χ1v) is 3.41. The minimum Gasteiger partial charge on any atom is -0.300 e. The van der Waals surface area contributed by atoms with E-state index in [1.807, 2.05) is 0 Å². The second kappa shape index (κ2) is 1.91. The summed E-state index contributed by atoms with van der Waals surface area (Å²) in [5, 5.41) is 0. The Morgan fingerprint density at radius 2 is 1.70 bits per heavy atom. The lowest BCUT2D eigenvalue weighted by molar-refractivity contribution is -0.0664. The second-order valence-corrected chi connectivity index (χ2v) is 3.76. The fraction of sp³-hybridized carbons (Fsp3) is 1.00. The van der Waals surface area contributed by atoms with Crippen molar-refractivity contribution in [2.45, 2.75) is 19.8 Å². The number of nitrogens with zero attached hydrogens (tertiary/aromatic N) is 1. The molecule has 0 radical (unpaired) electrons. The van der Waals surface area contributed by atoms with E-state index in [4.69, 9.17) is 0 Å². The van der Waals surface area contributed by atoms with Crippen LogP contribution in [-0.2, 0) is 0 Å². The molecule has 0 spiro atoms. The molecular formula is C7H13F2N. The molecule has 1 aliphatic heterocycles. The van der Waals surface area contributed by atoms with Crippen LogP contribution in [0.15, 0.2) is 0 Å². The Kier molecular flexibility index (Phi) is 1.51. The largest absolute Gasteiger partial charge is 0.300 e. The van der Waals surface area contributed by atoms with Crippen LogP contribution >= 0.6 is 0 Å². The molecule has 1 rings (SSSR count). The summed E-state index contributed by atoms with van der Waals surface area (Å²) in [6, 6.07) is 0. The summed E-state index contributed by atoms with van der Waals surface area (Å²) in [7, 11) is 1.72. The average molecular weight is 149 g/mol. The average Bonchev–Trinajstić information content (AvgIpc) is 1.73. The summed E-state index contributed by atoms with van der Waals surface area (Å²) in [5.41, 5.74) is -0.845. The van der Waals surface area contributed by atoms with Crippen LogP contribution in [0.5, 0.6) is 0 Å². The van der Waals surface area contributed by atoms with Crippen molar-refractivity contribution in [2.75, 3.05) is 20.1 Å². The molecule has 1 saturated heterocycles. The quantitative estimate of drug-likeness (QED) is 0.505. The number of likely N-dealkylation sites (tertiary alicyclic amines) is 1. The molecule has 60 valence electrons. The van der Waals surface area contributed by atoms with Crippen molar-refractivity contribution in [1.29, 1.82) is 0 Å². The topological polar surface area (TPSA) is 3.24 Å². The van der Waals surface area contributed by atoms with Crippen molar-refractivity contribution in [2.24, 2.45) is 5.41 Å². The molecule has 0 aromatic rings. The molecule has 0 unspecified atom stereocenters. The highest BCUT2D eigenvalue weighted by atomic mass is 19.3. The summed E-state index contributed by atoms with van der Waals surface area (Å²) in [6.45, 7) is 3.60. The summed E-state index contributed by atoms with van der Waals surface area (Å²) >= 11 is 0. The van der Waals surface area contributed by atoms with Crippen LogP contribution < -0.4 is 0 Å². The molecule has 0 amide bonds. The van der Waals surface area contributed by atoms with Crippen LogP contribution in [-0.4, -0.2) is 31.0 Å². The number of rotatable bonds is 0. The summed E-state index contributed by atoms with van der Waals surface area (Å²) in [5.74, 6) is -2.51. The van der Waals surface area contributed by atoms with Crippen molar-refractivity contribution in [1.82, 2.24) is 4.90 Å². The first-order chi connectivity index (χ1) is 4.35. The number of hydrogen-bond donors (Lipinski definition) is 0. The molecule has 1 fully saturated rings. The normalized spacial score (nSPS) is 30.9. The van der Waals surface area contributed by atoms with Gasteiger partial charge in [0.2, 0.25) is 0 Å². The Labute approximate surface area is 60.0 Å². The van der Waals surface area contributed by atoms with Crippen molar-refractivity contribution in [3.63, 3.8) is 0 Å². The van der Waals surface area contributed by atoms with Gasteiger partial charge in [-0.25, -0.2) is 8.78 Å². The molecule has 0 bridgehead atoms. The van der Waals surface area contributed by atoms with Crippen molar-refractivity contribution < 1.29 is 8.78 Å². The van der Waals surface area contributed by atoms with Gasteiger partial charge in [0.1, 0.15) is 0 Å². The third-order valence-electron chi connectivity index (χ3n) is 2.12. The van der Waals surface area contributed by atoms with Gasteiger partial charge in [0.15, 0.2) is 0 Å². The van der Waals surface area contributed by atoms with E-state index < -0.39 is 11.3 Å². The van der Waals surface area contributed by atoms with Crippen LogP contribution in [0.2, 0.25) is 0 Å². The molecule has 1 nitrogen and oxygen atoms in total. The van der Waals surface area contributed by atoms with E-state index in [1.54, 1.807) is 25.8 Å². The number of alkyl halides is 2. The van der Waals surface area contributed by atoms with Crippen LogP contribution in [0.1, 0.15) is 13.8 Å². The lowest BCUT2D eigenvalue weighted by Gasteiger charge is -2.24. The molecule has 0 saturated carbocycles. The van der Waals surface area contributed by atoms with Crippen molar-refractivity contribution in [3.05, 3.63) is 0 Å². The van der Waals surface area contributed by atoms with E-state index >= 15 is 0 Å². The monoisotopic (exact) mass is 149 g/mol. The van der Waals surface area contributed by atoms with Gasteiger partial charge < -0.3 is 0 Å². The smallest absolute Gasteiger partial charge is 0.266 e. The Hall–Kier alpha value is -0.180. The number of halogens is 2. The molecule has 0 N–H and O–H groups in total. The Bertz CT molecular complexity index is 127. The van der Waals surface area contributed by atoms with E-state index in [2.05, 4.69) is 0 Å². The van der Waals surface area contributed by atoms with Gasteiger partial charge in [0, 0.05) is 12.0 Å². The van der Waals surface area contributed by atoms with E-state index in [0.717, 1.165) is 0 Å². The molecular weight excluding hydrogens is 136 g/mol. The van der Waals surface area contributed by atoms with Gasteiger partial charge in [-0.2, -0.15) is 0 Å². The lowest BCUT2D eigenvalue weighted by atomic mass is 9.89. The molecule has 0 atom stereocenters. The van der Waals surface area contributed by atoms with E-state index in [1.165, 1.54) is 0 Å². The van der Waals surface area contributed by atoms with Gasteiger partial charge in [-0.1, -0.05) is 13.8 Å². The SMILES string of the molecule is CN1CC(C)(C)C(F)(F)C1. The molecule has 10 heavy (non-hydrogen) atoms. The standard InChI is InChI=1S/C7H13F2N/c1-6(2)4-10(3)5-7(6,8)9/h4-5H2,1-3H3. The Morgan fingerprint density at radius 1 is 1.20 bits per heavy atom. The van der Waals surface area contributed by atoms with Gasteiger partial charge >= 0.3 is 0 Å². The Morgan fingerprint density at radius 3 is 1.80 bits per heavy atom. The molecule has 1 aliphatic rings. The second-order valence-electron chi connectivity index (χ2n) is 3.76. The number of hydrogen-bond acceptors (Lipinski definition) is 1. The van der Waals surface area contributed by atoms with Gasteiger partial charge in [-0.3, -0.25) is 4.90 Å². The van der Waals surface area contributed by atoms with Crippen molar-refractivity contribution >= 4 is 0 Å². The lowest BCUT2D eigenvalue weighted by Crippen LogP contribution is -2.34. The zero-order chi connectivity index (χ0) is 7.99. The maximum atomic E-state index is 12.9. The van der Waals surface area contributed by atoms with Gasteiger partial charge in [-0.15, -0.1) is 0 Å². The summed E-state index contributed by atoms with van der Waals surface area (Å²) in [6.07, 6.45) is 0. The molecule has 0 aromatic carbocycles. The zero-order valence-electron chi connectivity index (χ0n) is 6.62. The minimum absolute atomic E-state index is 0.0972. The highest BCUT2D eigenvalue weighted by Gasteiger charge is 2.52. The fourth-order valence-electron chi connectivity index (χ4n) is 1.40. The van der Waals surface area contributed by atoms with E-state index in [-0.39, 0.29) is 6.54 Å². The van der Waals surface area contributed by atoms with E-state index in [9.17, 15) is 8.78 Å². The summed E-state index contributed by atoms with van der Waals surface area (Å²) < 4.78 is 25.9. The maximum Gasteiger partial charge on any atom is 0.266 e. The molecule has 3 heteroatoms. The maximum absolute atomic E-state index is 12.9. The Balaban J connectivity index is 2.78. The highest BCUT2D eigenvalue weighted by Crippen LogP contribution is 2.42. The molecule has 0 aromatic heterocycles. The molecule has 0 aliphatic carbocycles. The van der Waals surface area contributed by atoms with Crippen molar-refractivity contribution in [3.8, 4) is 0 Å². The fourth-order valence-corrected chi connectivity index (χ4v) is 1.40. The highest BCUT2D eigenvalue weighted by molar-refractivity contribution is 4.95. The van der Waals surface area contributed by atoms with Crippen LogP contribution in [0.25, 0.3) is 0 Å². The van der Waals surface area contributed by atoms with E-state index in [0.29, 0.717) is 6.54 Å². The zero-order valence-corrected chi connectivity index (χ0v) is 6.62. The minimum atomic E-state index is -2.51. The van der Waals surface area contributed by atoms with Gasteiger partial charge in [-0.05, 0) is 7.05 Å². The van der Waals surface area contributed by atoms with Gasteiger partial charge in [0.05, 0.1) is 6.54 Å². The third kappa shape index (κ3) is 1.03. The van der Waals surface area contributed by atoms with Gasteiger partial charge in [0.25, 0.3) is 5.92 Å². The first-order valence-electron chi connectivity index (χ1n) is 3.41. The van der Waals surface area contributed by atoms with Crippen LogP contribution in [0.4, 0.5) is 8.78 Å². The predicted molar refractivity (Wildman–Crippen MR) is 36.2 cm³/mol.